The zero-order valence-electron chi connectivity index (χ0n) is 70.1. The molecule has 4 aliphatic heterocycles. The molecule has 5 amide bonds. The molecule has 6 aliphatic carbocycles. The van der Waals surface area contributed by atoms with E-state index in [-0.39, 0.29) is 129 Å². The van der Waals surface area contributed by atoms with E-state index in [2.05, 4.69) is 30.2 Å². The fraction of sp³-hybridized carbons (Fsp3) is 0.474. The zero-order chi connectivity index (χ0) is 85.4. The number of hydrogen-bond acceptors (Lipinski definition) is 14. The first-order valence-corrected chi connectivity index (χ1v) is 43.5. The highest BCUT2D eigenvalue weighted by atomic mass is 19.3. The molecule has 4 saturated heterocycles. The first-order chi connectivity index (χ1) is 58.3. The lowest BCUT2D eigenvalue weighted by Crippen LogP contribution is -2.51. The van der Waals surface area contributed by atoms with Crippen molar-refractivity contribution in [2.75, 3.05) is 26.8 Å². The maximum Gasteiger partial charge on any atom is 0.306 e. The van der Waals surface area contributed by atoms with E-state index < -0.39 is 54.4 Å². The van der Waals surface area contributed by atoms with Crippen LogP contribution in [-0.4, -0.2) is 157 Å². The third-order valence-electron chi connectivity index (χ3n) is 29.0. The maximum atomic E-state index is 16.7. The predicted molar refractivity (Wildman–Crippen MR) is 452 cm³/mol. The minimum absolute atomic E-state index is 0.00607. The van der Waals surface area contributed by atoms with Crippen LogP contribution in [0.3, 0.4) is 0 Å². The monoisotopic (exact) mass is 1660 g/mol. The molecule has 0 radical (unpaired) electrons. The topological polar surface area (TPSA) is 324 Å². The van der Waals surface area contributed by atoms with Gasteiger partial charge in [-0.1, -0.05) is 116 Å². The third-order valence-corrected chi connectivity index (χ3v) is 29.0. The average Bonchev–Trinajstić information content (AvgIpc) is 1.56. The molecule has 6 aromatic carbocycles. The Bertz CT molecular complexity index is 5890. The molecule has 23 nitrogen and oxygen atoms in total. The van der Waals surface area contributed by atoms with E-state index in [1.807, 2.05) is 131 Å². The van der Waals surface area contributed by atoms with Crippen molar-refractivity contribution in [2.24, 2.45) is 63.7 Å². The van der Waals surface area contributed by atoms with Crippen LogP contribution in [0.5, 0.6) is 0 Å². The number of carbonyl (C=O) groups is 6. The van der Waals surface area contributed by atoms with Gasteiger partial charge in [-0.15, -0.1) is 0 Å². The first kappa shape index (κ1) is 80.8. The van der Waals surface area contributed by atoms with Gasteiger partial charge in [0.1, 0.15) is 35.9 Å². The number of carbonyl (C=O) groups excluding carboxylic acids is 6. The van der Waals surface area contributed by atoms with E-state index in [4.69, 9.17) is 31.2 Å². The second-order valence-electron chi connectivity index (χ2n) is 38.1. The van der Waals surface area contributed by atoms with Crippen LogP contribution in [0.1, 0.15) is 209 Å². The Balaban J connectivity index is 0.000000162. The number of alkyl halides is 4. The van der Waals surface area contributed by atoms with Gasteiger partial charge in [-0.25, -0.2) is 19.9 Å². The summed E-state index contributed by atoms with van der Waals surface area (Å²) in [5.41, 5.74) is 22.7. The normalized spacial score (nSPS) is 23.9. The zero-order valence-corrected chi connectivity index (χ0v) is 70.1. The molecule has 2 spiro atoms. The highest BCUT2D eigenvalue weighted by Gasteiger charge is 2.59. The second kappa shape index (κ2) is 30.0. The summed E-state index contributed by atoms with van der Waals surface area (Å²) < 4.78 is 71.3. The number of imidazole rings is 4. The van der Waals surface area contributed by atoms with Crippen LogP contribution in [-0.2, 0) is 45.3 Å². The molecular weight excluding hydrogens is 1560 g/mol. The van der Waals surface area contributed by atoms with Gasteiger partial charge in [0.05, 0.1) is 102 Å². The number of nitrogens with one attached hydrogen (secondary N) is 5. The number of fused-ring (bicyclic) bond motifs is 12. The number of nitrogens with zero attached hydrogens (tertiary/aromatic N) is 8. The summed E-state index contributed by atoms with van der Waals surface area (Å²) in [6, 6.07) is 29.5. The van der Waals surface area contributed by atoms with Crippen LogP contribution in [0.15, 0.2) is 122 Å². The number of aromatic amines is 4. The number of nitrogens with two attached hydrogens (primary N) is 2. The molecule has 4 saturated carbocycles. The molecule has 636 valence electrons. The summed E-state index contributed by atoms with van der Waals surface area (Å²) in [7, 11) is 1.34. The summed E-state index contributed by atoms with van der Waals surface area (Å²) in [6.45, 7) is 15.9. The van der Waals surface area contributed by atoms with Crippen molar-refractivity contribution in [2.45, 2.75) is 205 Å². The molecule has 4 bridgehead atoms. The number of likely N-dealkylation sites (tertiary alicyclic amines) is 4. The van der Waals surface area contributed by atoms with Gasteiger partial charge >= 0.3 is 5.97 Å². The quantitative estimate of drug-likeness (QED) is 0.0260. The van der Waals surface area contributed by atoms with E-state index in [1.54, 1.807) is 59.8 Å². The number of amides is 5. The van der Waals surface area contributed by atoms with Crippen molar-refractivity contribution in [1.29, 1.82) is 0 Å². The molecule has 20 rings (SSSR count). The number of ether oxygens (including phenoxy) is 1. The van der Waals surface area contributed by atoms with Crippen LogP contribution in [0.25, 0.3) is 89.1 Å². The fourth-order valence-corrected chi connectivity index (χ4v) is 21.5. The Morgan fingerprint density at radius 2 is 0.902 bits per heavy atom. The summed E-state index contributed by atoms with van der Waals surface area (Å²) >= 11 is 0. The lowest BCUT2D eigenvalue weighted by molar-refractivity contribution is -0.150. The minimum atomic E-state index is -3.29. The Kier molecular flexibility index (Phi) is 19.9. The smallest absolute Gasteiger partial charge is 0.306 e. The summed E-state index contributed by atoms with van der Waals surface area (Å²) in [5, 5.41) is 12.0. The van der Waals surface area contributed by atoms with Crippen molar-refractivity contribution in [1.82, 2.24) is 64.8 Å². The molecule has 122 heavy (non-hydrogen) atoms. The van der Waals surface area contributed by atoms with Gasteiger partial charge in [-0.3, -0.25) is 28.8 Å². The number of piperidine rings is 2. The Hall–Kier alpha value is -10.9. The SMILES string of the molecule is CC(C)[C@H](N)C(=O)N1CC2(CC2)C[C@H]1c1ncc(-c2ccc3c(c2)C(F)(F)c2cc(-c4ccc5nc([C@@H]6[C@H]7CC[C@H](C7)N6C(=O)[C@@H](N)C(C)C)[nH]c5c4)ccc2-3)[nH]1.COC(=O)C[C@H](C(=O)N1[C@@H]2CC[C@@H](C2)[C@H]1c1nc2ccc(-c3ccc4c(c3)C(F)(F)c3cc(-c5cnc([C@@H]6CC7(CC7)CN6C(=O)[C@@H](NC(=O)CO)C(C)C)[nH]5)ccc3-4)cc2[nH]1)C(C)C. The highest BCUT2D eigenvalue weighted by Crippen LogP contribution is 2.62. The summed E-state index contributed by atoms with van der Waals surface area (Å²) in [4.78, 5) is 120. The molecule has 27 heteroatoms. The predicted octanol–water partition coefficient (Wildman–Crippen LogP) is 15.6. The number of benzene rings is 6. The summed E-state index contributed by atoms with van der Waals surface area (Å²) in [6.07, 6.45) is 14.8. The Morgan fingerprint density at radius 3 is 1.31 bits per heavy atom. The maximum absolute atomic E-state index is 16.7. The van der Waals surface area contributed by atoms with E-state index in [9.17, 15) is 33.9 Å². The lowest BCUT2D eigenvalue weighted by Gasteiger charge is -2.37. The van der Waals surface area contributed by atoms with E-state index in [0.29, 0.717) is 104 Å². The number of aliphatic hydroxyl groups excluding tert-OH is 1. The molecule has 4 aromatic heterocycles. The van der Waals surface area contributed by atoms with E-state index in [0.717, 1.165) is 104 Å². The third kappa shape index (κ3) is 13.7. The van der Waals surface area contributed by atoms with Crippen LogP contribution < -0.4 is 16.8 Å². The van der Waals surface area contributed by atoms with Gasteiger partial charge in [0.25, 0.3) is 11.8 Å². The van der Waals surface area contributed by atoms with E-state index in [1.165, 1.54) is 13.2 Å². The highest BCUT2D eigenvalue weighted by molar-refractivity contribution is 5.92. The van der Waals surface area contributed by atoms with Gasteiger partial charge in [0.15, 0.2) is 0 Å². The van der Waals surface area contributed by atoms with Gasteiger partial charge in [-0.05, 0) is 216 Å². The average molecular weight is 1660 g/mol. The Morgan fingerprint density at radius 1 is 0.500 bits per heavy atom. The van der Waals surface area contributed by atoms with Crippen LogP contribution in [0.2, 0.25) is 0 Å². The molecule has 8 fully saturated rings. The molecule has 0 unspecified atom stereocenters. The Labute approximate surface area is 704 Å². The first-order valence-electron chi connectivity index (χ1n) is 43.5. The standard InChI is InChI=1S/C50H55F2N7O6.C45H50F2N8O2/c1-25(2)34(20-42(62)65-5)47(63)59-31-10-6-30(16-31)44(59)46-54-37-13-9-28(19-38(37)55-46)27-7-11-32-33-12-8-29(18-36(33)50(51,52)35(32)17-27)39-22-53-45(56-39)40-21-49(14-15-49)24-58(40)48(64)43(26(3)4)57-41(61)23-60;1-22(2)37(48)42(56)54-21-44(13-14-44)19-36(54)40-50-20-35(53-40)26-7-11-30-29-10-6-24(16-31(29)45(46,47)32(30)17-26)25-8-12-33-34(18-25)52-41(51-33)39-27-5-9-28(15-27)55(39)43(57)38(49)23(3)4/h7-9,11-13,17-19,22,25-26,30-31,34,40,43-44,60H,6,10,14-16,20-21,23-24H2,1-5H3,(H,53,56)(H,54,55)(H,57,61);6-8,10-12,16-18,20,22-23,27-28,36-39H,5,9,13-15,19,21,48-49H2,1-4H3,(H,50,53)(H,51,52)/t30-,31+,34-,40-,43-,44-;27-,28+,36-,37-,38-,39-/m00/s1. The van der Waals surface area contributed by atoms with Gasteiger partial charge < -0.3 is 66.2 Å². The molecule has 8 heterocycles. The fourth-order valence-electron chi connectivity index (χ4n) is 21.5. The molecule has 10 N–H and O–H groups in total. The van der Waals surface area contributed by atoms with Crippen molar-refractivity contribution in [3.63, 3.8) is 0 Å². The molecule has 12 atom stereocenters. The van der Waals surface area contributed by atoms with Crippen molar-refractivity contribution in [3.05, 3.63) is 167 Å². The van der Waals surface area contributed by atoms with Crippen molar-refractivity contribution < 1.29 is 56.2 Å². The second-order valence-corrected chi connectivity index (χ2v) is 38.1. The molecule has 10 aliphatic rings. The number of aliphatic hydroxyl groups is 1. The lowest BCUT2D eigenvalue weighted by atomic mass is 9.89. The number of methoxy groups -OCH3 is 1. The number of hydrogen-bond donors (Lipinski definition) is 8. The number of halogens is 4. The van der Waals surface area contributed by atoms with Gasteiger partial charge in [0.2, 0.25) is 29.5 Å². The van der Waals surface area contributed by atoms with Crippen molar-refractivity contribution >= 4 is 57.6 Å². The summed E-state index contributed by atoms with van der Waals surface area (Å²) in [5.74, 6) is -5.38. The van der Waals surface area contributed by atoms with Crippen molar-refractivity contribution in [3.8, 4) is 67.0 Å². The number of esters is 1. The molecule has 10 aromatic rings. The van der Waals surface area contributed by atoms with Crippen LogP contribution in [0.4, 0.5) is 17.6 Å². The number of aromatic nitrogens is 8. The molecular formula is C95H105F4N15O8. The van der Waals surface area contributed by atoms with Gasteiger partial charge in [0, 0.05) is 58.6 Å². The minimum Gasteiger partial charge on any atom is -0.469 e. The van der Waals surface area contributed by atoms with Crippen LogP contribution in [0, 0.1) is 52.3 Å². The number of H-pyrrole nitrogens is 4. The van der Waals surface area contributed by atoms with Gasteiger partial charge in [-0.2, -0.15) is 17.6 Å². The number of rotatable bonds is 20. The largest absolute Gasteiger partial charge is 0.469 e. The van der Waals surface area contributed by atoms with E-state index >= 15 is 17.6 Å². The van der Waals surface area contributed by atoms with Crippen LogP contribution >= 0.6 is 0 Å².